The summed E-state index contributed by atoms with van der Waals surface area (Å²) in [6.07, 6.45) is -0.743. The average Bonchev–Trinajstić information content (AvgIpc) is 2.75. The first kappa shape index (κ1) is 18.2. The summed E-state index contributed by atoms with van der Waals surface area (Å²) >= 11 is 0. The summed E-state index contributed by atoms with van der Waals surface area (Å²) in [6.45, 7) is 4.43. The van der Waals surface area contributed by atoms with Crippen molar-refractivity contribution in [2.24, 2.45) is 5.92 Å². The second kappa shape index (κ2) is 8.07. The molecule has 1 aliphatic rings. The number of aliphatic hydroxyl groups excluding tert-OH is 1. The lowest BCUT2D eigenvalue weighted by Gasteiger charge is -2.22. The number of anilines is 2. The SMILES string of the molecule is CC(C)C(=O)Nc1cc(NC(=O)N2CCOCC(O)C2)ccc1F. The lowest BCUT2D eigenvalue weighted by Crippen LogP contribution is -2.40. The van der Waals surface area contributed by atoms with E-state index in [9.17, 15) is 19.1 Å². The largest absolute Gasteiger partial charge is 0.389 e. The van der Waals surface area contributed by atoms with E-state index in [4.69, 9.17) is 4.74 Å². The molecule has 2 rings (SSSR count). The second-order valence-electron chi connectivity index (χ2n) is 5.94. The number of benzene rings is 1. The Balaban J connectivity index is 2.06. The molecule has 1 aliphatic heterocycles. The molecule has 3 N–H and O–H groups in total. The Hall–Kier alpha value is -2.19. The Morgan fingerprint density at radius 1 is 1.38 bits per heavy atom. The fourth-order valence-corrected chi connectivity index (χ4v) is 2.16. The standard InChI is InChI=1S/C16H22FN3O4/c1-10(2)15(22)19-14-7-11(3-4-13(14)17)18-16(23)20-5-6-24-9-12(21)8-20/h3-4,7,10,12,21H,5-6,8-9H2,1-2H3,(H,18,23)(H,19,22). The Kier molecular flexibility index (Phi) is 6.10. The highest BCUT2D eigenvalue weighted by atomic mass is 19.1. The Morgan fingerprint density at radius 2 is 2.12 bits per heavy atom. The maximum absolute atomic E-state index is 13.8. The van der Waals surface area contributed by atoms with Gasteiger partial charge in [0.2, 0.25) is 5.91 Å². The van der Waals surface area contributed by atoms with Crippen LogP contribution in [0.1, 0.15) is 13.8 Å². The van der Waals surface area contributed by atoms with Gasteiger partial charge in [0.15, 0.2) is 0 Å². The number of hydrogen-bond acceptors (Lipinski definition) is 4. The molecule has 0 radical (unpaired) electrons. The van der Waals surface area contributed by atoms with E-state index in [1.807, 2.05) is 0 Å². The number of urea groups is 1. The normalized spacial score (nSPS) is 18.2. The molecule has 1 aromatic rings. The third-order valence-corrected chi connectivity index (χ3v) is 3.53. The van der Waals surface area contributed by atoms with Gasteiger partial charge in [-0.1, -0.05) is 13.8 Å². The number of rotatable bonds is 3. The van der Waals surface area contributed by atoms with Crippen molar-refractivity contribution in [2.45, 2.75) is 20.0 Å². The molecule has 3 amide bonds. The molecule has 1 saturated heterocycles. The summed E-state index contributed by atoms with van der Waals surface area (Å²) in [5.74, 6) is -1.19. The molecule has 0 saturated carbocycles. The van der Waals surface area contributed by atoms with Gasteiger partial charge in [-0.25, -0.2) is 9.18 Å². The molecule has 1 heterocycles. The molecule has 132 valence electrons. The van der Waals surface area contributed by atoms with E-state index in [0.29, 0.717) is 18.8 Å². The van der Waals surface area contributed by atoms with E-state index in [1.165, 1.54) is 23.1 Å². The van der Waals surface area contributed by atoms with Gasteiger partial charge in [-0.05, 0) is 18.2 Å². The monoisotopic (exact) mass is 339 g/mol. The second-order valence-corrected chi connectivity index (χ2v) is 5.94. The highest BCUT2D eigenvalue weighted by Gasteiger charge is 2.21. The predicted octanol–water partition coefficient (Wildman–Crippen LogP) is 1.65. The number of nitrogens with zero attached hydrogens (tertiary/aromatic N) is 1. The zero-order valence-corrected chi connectivity index (χ0v) is 13.7. The topological polar surface area (TPSA) is 90.9 Å². The van der Waals surface area contributed by atoms with Gasteiger partial charge in [-0.2, -0.15) is 0 Å². The van der Waals surface area contributed by atoms with E-state index in [1.54, 1.807) is 13.8 Å². The molecule has 0 aromatic heterocycles. The van der Waals surface area contributed by atoms with Crippen LogP contribution in [-0.2, 0) is 9.53 Å². The van der Waals surface area contributed by atoms with Crippen LogP contribution in [-0.4, -0.2) is 54.4 Å². The van der Waals surface area contributed by atoms with Crippen LogP contribution >= 0.6 is 0 Å². The van der Waals surface area contributed by atoms with Crippen LogP contribution in [0.2, 0.25) is 0 Å². The number of carbonyl (C=O) groups excluding carboxylic acids is 2. The Morgan fingerprint density at radius 3 is 2.83 bits per heavy atom. The number of β-amino-alcohol motifs (C(OH)–C–C–N with tert-alkyl or cyclic N) is 1. The third kappa shape index (κ3) is 4.90. The molecule has 7 nitrogen and oxygen atoms in total. The minimum atomic E-state index is -0.743. The number of halogens is 1. The molecule has 1 unspecified atom stereocenters. The first-order valence-electron chi connectivity index (χ1n) is 7.79. The summed E-state index contributed by atoms with van der Waals surface area (Å²) in [7, 11) is 0. The van der Waals surface area contributed by atoms with E-state index in [2.05, 4.69) is 10.6 Å². The Bertz CT molecular complexity index is 609. The number of nitrogens with one attached hydrogen (secondary N) is 2. The van der Waals surface area contributed by atoms with Crippen LogP contribution in [0.25, 0.3) is 0 Å². The summed E-state index contributed by atoms with van der Waals surface area (Å²) < 4.78 is 19.0. The van der Waals surface area contributed by atoms with Crippen molar-refractivity contribution in [3.63, 3.8) is 0 Å². The van der Waals surface area contributed by atoms with Crippen LogP contribution in [0.15, 0.2) is 18.2 Å². The first-order chi connectivity index (χ1) is 11.4. The van der Waals surface area contributed by atoms with E-state index < -0.39 is 18.0 Å². The first-order valence-corrected chi connectivity index (χ1v) is 7.79. The summed E-state index contributed by atoms with van der Waals surface area (Å²) in [4.78, 5) is 25.4. The molecular weight excluding hydrogens is 317 g/mol. The lowest BCUT2D eigenvalue weighted by atomic mass is 10.2. The number of aliphatic hydroxyl groups is 1. The van der Waals surface area contributed by atoms with Gasteiger partial charge in [0.25, 0.3) is 0 Å². The molecule has 0 bridgehead atoms. The summed E-state index contributed by atoms with van der Waals surface area (Å²) in [5.41, 5.74) is 0.353. The van der Waals surface area contributed by atoms with Crippen molar-refractivity contribution in [1.29, 1.82) is 0 Å². The smallest absolute Gasteiger partial charge is 0.322 e. The van der Waals surface area contributed by atoms with Crippen LogP contribution < -0.4 is 10.6 Å². The van der Waals surface area contributed by atoms with Crippen LogP contribution in [0.3, 0.4) is 0 Å². The lowest BCUT2D eigenvalue weighted by molar-refractivity contribution is -0.118. The van der Waals surface area contributed by atoms with Crippen molar-refractivity contribution < 1.29 is 23.8 Å². The fraction of sp³-hybridized carbons (Fsp3) is 0.500. The van der Waals surface area contributed by atoms with Gasteiger partial charge in [-0.15, -0.1) is 0 Å². The van der Waals surface area contributed by atoms with E-state index >= 15 is 0 Å². The minimum absolute atomic E-state index is 0.00531. The quantitative estimate of drug-likeness (QED) is 0.781. The number of carbonyl (C=O) groups is 2. The van der Waals surface area contributed by atoms with Crippen molar-refractivity contribution in [2.75, 3.05) is 36.9 Å². The van der Waals surface area contributed by atoms with Crippen molar-refractivity contribution in [3.05, 3.63) is 24.0 Å². The summed E-state index contributed by atoms with van der Waals surface area (Å²) in [6, 6.07) is 3.51. The van der Waals surface area contributed by atoms with Crippen molar-refractivity contribution in [1.82, 2.24) is 4.90 Å². The maximum Gasteiger partial charge on any atom is 0.322 e. The van der Waals surface area contributed by atoms with E-state index in [0.717, 1.165) is 0 Å². The van der Waals surface area contributed by atoms with Gasteiger partial charge < -0.3 is 25.4 Å². The molecule has 1 atom stereocenters. The maximum atomic E-state index is 13.8. The molecule has 1 fully saturated rings. The number of ether oxygens (including phenoxy) is 1. The van der Waals surface area contributed by atoms with Crippen LogP contribution in [0, 0.1) is 11.7 Å². The highest BCUT2D eigenvalue weighted by molar-refractivity contribution is 5.94. The molecule has 0 spiro atoms. The number of amides is 3. The van der Waals surface area contributed by atoms with Gasteiger partial charge in [0, 0.05) is 18.2 Å². The molecule has 0 aliphatic carbocycles. The minimum Gasteiger partial charge on any atom is -0.389 e. The van der Waals surface area contributed by atoms with Gasteiger partial charge in [0.1, 0.15) is 5.82 Å². The third-order valence-electron chi connectivity index (χ3n) is 3.53. The van der Waals surface area contributed by atoms with Gasteiger partial charge in [0.05, 0.1) is 31.5 Å². The number of hydrogen-bond donors (Lipinski definition) is 3. The highest BCUT2D eigenvalue weighted by Crippen LogP contribution is 2.21. The zero-order valence-electron chi connectivity index (χ0n) is 13.7. The van der Waals surface area contributed by atoms with E-state index in [-0.39, 0.29) is 30.7 Å². The fourth-order valence-electron chi connectivity index (χ4n) is 2.16. The summed E-state index contributed by atoms with van der Waals surface area (Å²) in [5, 5.41) is 14.8. The van der Waals surface area contributed by atoms with Crippen molar-refractivity contribution in [3.8, 4) is 0 Å². The zero-order chi connectivity index (χ0) is 17.7. The van der Waals surface area contributed by atoms with Crippen LogP contribution in [0.4, 0.5) is 20.6 Å². The Labute approximate surface area is 139 Å². The molecular formula is C16H22FN3O4. The average molecular weight is 339 g/mol. The molecule has 8 heteroatoms. The van der Waals surface area contributed by atoms with Gasteiger partial charge >= 0.3 is 6.03 Å². The van der Waals surface area contributed by atoms with Gasteiger partial charge in [-0.3, -0.25) is 4.79 Å². The molecule has 24 heavy (non-hydrogen) atoms. The predicted molar refractivity (Wildman–Crippen MR) is 87.3 cm³/mol. The molecule has 1 aromatic carbocycles. The van der Waals surface area contributed by atoms with Crippen LogP contribution in [0.5, 0.6) is 0 Å². The van der Waals surface area contributed by atoms with Crippen molar-refractivity contribution >= 4 is 23.3 Å².